The van der Waals surface area contributed by atoms with Crippen molar-refractivity contribution in [3.05, 3.63) is 20.3 Å². The summed E-state index contributed by atoms with van der Waals surface area (Å²) in [6, 6.07) is 1.78. The number of unbranched alkanes of at least 4 members (excludes halogenated alkanes) is 7. The quantitative estimate of drug-likeness (QED) is 0.480. The Morgan fingerprint density at radius 2 is 1.63 bits per heavy atom. The van der Waals surface area contributed by atoms with Gasteiger partial charge < -0.3 is 5.11 Å². The topological polar surface area (TPSA) is 20.2 Å². The molecule has 0 saturated carbocycles. The van der Waals surface area contributed by atoms with Crippen molar-refractivity contribution in [3.63, 3.8) is 0 Å². The minimum atomic E-state index is -0.462. The summed E-state index contributed by atoms with van der Waals surface area (Å²) in [6.07, 6.45) is 10.5. The van der Waals surface area contributed by atoms with E-state index < -0.39 is 6.10 Å². The fourth-order valence-corrected chi connectivity index (χ4v) is 3.77. The van der Waals surface area contributed by atoms with Gasteiger partial charge in [0.25, 0.3) is 0 Å². The molecule has 1 N–H and O–H groups in total. The maximum absolute atomic E-state index is 10.1. The van der Waals surface area contributed by atoms with Crippen molar-refractivity contribution >= 4 is 34.5 Å². The van der Waals surface area contributed by atoms with Gasteiger partial charge in [0.05, 0.1) is 10.4 Å². The standard InChI is InChI=1S/C15H24Cl2OS/c1-2-3-4-5-6-7-8-9-10-13(18)12-11-14(16)19-15(12)17/h11,13,18H,2-10H2,1H3. The molecule has 1 heterocycles. The van der Waals surface area contributed by atoms with Crippen LogP contribution in [-0.4, -0.2) is 5.11 Å². The van der Waals surface area contributed by atoms with E-state index in [9.17, 15) is 5.11 Å². The van der Waals surface area contributed by atoms with Crippen molar-refractivity contribution in [2.45, 2.75) is 70.8 Å². The van der Waals surface area contributed by atoms with Gasteiger partial charge in [0.2, 0.25) is 0 Å². The fraction of sp³-hybridized carbons (Fsp3) is 0.733. The number of hydrogen-bond donors (Lipinski definition) is 1. The molecule has 110 valence electrons. The molecule has 0 spiro atoms. The Morgan fingerprint density at radius 3 is 2.16 bits per heavy atom. The Morgan fingerprint density at radius 1 is 1.05 bits per heavy atom. The zero-order valence-corrected chi connectivity index (χ0v) is 14.0. The summed E-state index contributed by atoms with van der Waals surface area (Å²) < 4.78 is 1.27. The van der Waals surface area contributed by atoms with E-state index in [0.29, 0.717) is 8.67 Å². The Kier molecular flexibility index (Phi) is 9.14. The number of rotatable bonds is 10. The lowest BCUT2D eigenvalue weighted by Gasteiger charge is -2.09. The van der Waals surface area contributed by atoms with Crippen LogP contribution in [0.25, 0.3) is 0 Å². The predicted octanol–water partition coefficient (Wildman–Crippen LogP) is 6.62. The van der Waals surface area contributed by atoms with Gasteiger partial charge in [0, 0.05) is 5.56 Å². The zero-order chi connectivity index (χ0) is 14.1. The average Bonchev–Trinajstić information content (AvgIpc) is 2.71. The molecule has 0 fully saturated rings. The lowest BCUT2D eigenvalue weighted by atomic mass is 10.0. The van der Waals surface area contributed by atoms with Gasteiger partial charge in [-0.05, 0) is 12.5 Å². The Hall–Kier alpha value is 0.240. The smallest absolute Gasteiger partial charge is 0.100 e. The van der Waals surface area contributed by atoms with Crippen LogP contribution in [-0.2, 0) is 0 Å². The van der Waals surface area contributed by atoms with Crippen LogP contribution in [0.1, 0.15) is 76.4 Å². The third-order valence-electron chi connectivity index (χ3n) is 3.37. The minimum Gasteiger partial charge on any atom is -0.388 e. The lowest BCUT2D eigenvalue weighted by molar-refractivity contribution is 0.164. The molecule has 0 aliphatic rings. The van der Waals surface area contributed by atoms with Crippen LogP contribution in [0, 0.1) is 0 Å². The molecule has 1 rings (SSSR count). The van der Waals surface area contributed by atoms with E-state index in [4.69, 9.17) is 23.2 Å². The van der Waals surface area contributed by atoms with Gasteiger partial charge >= 0.3 is 0 Å². The first-order valence-electron chi connectivity index (χ1n) is 7.28. The van der Waals surface area contributed by atoms with Crippen molar-refractivity contribution in [2.75, 3.05) is 0 Å². The van der Waals surface area contributed by atoms with E-state index in [2.05, 4.69) is 6.92 Å². The molecule has 1 aromatic rings. The molecule has 1 nitrogen and oxygen atoms in total. The van der Waals surface area contributed by atoms with Gasteiger partial charge in [-0.3, -0.25) is 0 Å². The third kappa shape index (κ3) is 6.99. The molecule has 1 aromatic heterocycles. The highest BCUT2D eigenvalue weighted by Gasteiger charge is 2.14. The van der Waals surface area contributed by atoms with Crippen LogP contribution in [0.2, 0.25) is 8.67 Å². The molecule has 0 aliphatic carbocycles. The van der Waals surface area contributed by atoms with Crippen molar-refractivity contribution in [1.82, 2.24) is 0 Å². The zero-order valence-electron chi connectivity index (χ0n) is 11.6. The van der Waals surface area contributed by atoms with Gasteiger partial charge in [-0.2, -0.15) is 0 Å². The Balaban J connectivity index is 2.08. The summed E-state index contributed by atoms with van der Waals surface area (Å²) in [4.78, 5) is 0. The summed E-state index contributed by atoms with van der Waals surface area (Å²) in [7, 11) is 0. The molecule has 0 saturated heterocycles. The maximum atomic E-state index is 10.1. The average molecular weight is 323 g/mol. The van der Waals surface area contributed by atoms with Gasteiger partial charge in [-0.25, -0.2) is 0 Å². The number of aliphatic hydroxyl groups excluding tert-OH is 1. The van der Waals surface area contributed by atoms with Gasteiger partial charge in [0.1, 0.15) is 4.34 Å². The summed E-state index contributed by atoms with van der Waals surface area (Å²) in [5, 5.41) is 10.1. The first kappa shape index (κ1) is 17.3. The summed E-state index contributed by atoms with van der Waals surface area (Å²) in [6.45, 7) is 2.24. The van der Waals surface area contributed by atoms with E-state index in [1.165, 1.54) is 56.3 Å². The first-order chi connectivity index (χ1) is 9.15. The van der Waals surface area contributed by atoms with Crippen LogP contribution in [0.5, 0.6) is 0 Å². The molecule has 4 heteroatoms. The highest BCUT2D eigenvalue weighted by atomic mass is 35.5. The van der Waals surface area contributed by atoms with Crippen molar-refractivity contribution < 1.29 is 5.11 Å². The number of hydrogen-bond acceptors (Lipinski definition) is 2. The second kappa shape index (κ2) is 10.0. The minimum absolute atomic E-state index is 0.462. The number of aliphatic hydroxyl groups is 1. The molecular formula is C15H24Cl2OS. The third-order valence-corrected chi connectivity index (χ3v) is 4.89. The van der Waals surface area contributed by atoms with Gasteiger partial charge in [-0.1, -0.05) is 81.5 Å². The summed E-state index contributed by atoms with van der Waals surface area (Å²) in [5.41, 5.74) is 0.791. The van der Waals surface area contributed by atoms with Crippen LogP contribution in [0.3, 0.4) is 0 Å². The van der Waals surface area contributed by atoms with Crippen LogP contribution < -0.4 is 0 Å². The molecule has 1 unspecified atom stereocenters. The summed E-state index contributed by atoms with van der Waals surface area (Å²) in [5.74, 6) is 0. The molecular weight excluding hydrogens is 299 g/mol. The highest BCUT2D eigenvalue weighted by Crippen LogP contribution is 2.36. The lowest BCUT2D eigenvalue weighted by Crippen LogP contribution is -1.96. The van der Waals surface area contributed by atoms with Crippen LogP contribution >= 0.6 is 34.5 Å². The van der Waals surface area contributed by atoms with Gasteiger partial charge in [-0.15, -0.1) is 11.3 Å². The monoisotopic (exact) mass is 322 g/mol. The number of halogens is 2. The van der Waals surface area contributed by atoms with Crippen LogP contribution in [0.15, 0.2) is 6.07 Å². The SMILES string of the molecule is CCCCCCCCCCC(O)c1cc(Cl)sc1Cl. The number of thiophene rings is 1. The van der Waals surface area contributed by atoms with E-state index in [0.717, 1.165) is 18.4 Å². The second-order valence-corrected chi connectivity index (χ2v) is 7.34. The van der Waals surface area contributed by atoms with Crippen molar-refractivity contribution in [3.8, 4) is 0 Å². The molecule has 0 radical (unpaired) electrons. The molecule has 0 aliphatic heterocycles. The Bertz CT molecular complexity index is 352. The second-order valence-electron chi connectivity index (χ2n) is 5.06. The van der Waals surface area contributed by atoms with Crippen molar-refractivity contribution in [1.29, 1.82) is 0 Å². The van der Waals surface area contributed by atoms with E-state index >= 15 is 0 Å². The Labute approximate surface area is 130 Å². The normalized spacial score (nSPS) is 12.8. The van der Waals surface area contributed by atoms with E-state index in [-0.39, 0.29) is 0 Å². The highest BCUT2D eigenvalue weighted by molar-refractivity contribution is 7.20. The molecule has 19 heavy (non-hydrogen) atoms. The van der Waals surface area contributed by atoms with E-state index in [1.54, 1.807) is 6.07 Å². The van der Waals surface area contributed by atoms with Crippen LogP contribution in [0.4, 0.5) is 0 Å². The molecule has 1 atom stereocenters. The molecule has 0 aromatic carbocycles. The molecule has 0 amide bonds. The maximum Gasteiger partial charge on any atom is 0.100 e. The van der Waals surface area contributed by atoms with E-state index in [1.807, 2.05) is 0 Å². The van der Waals surface area contributed by atoms with Gasteiger partial charge in [0.15, 0.2) is 0 Å². The first-order valence-corrected chi connectivity index (χ1v) is 8.85. The fourth-order valence-electron chi connectivity index (χ4n) is 2.21. The predicted molar refractivity (Wildman–Crippen MR) is 86.5 cm³/mol. The largest absolute Gasteiger partial charge is 0.388 e. The van der Waals surface area contributed by atoms with Crippen molar-refractivity contribution in [2.24, 2.45) is 0 Å². The molecule has 0 bridgehead atoms. The summed E-state index contributed by atoms with van der Waals surface area (Å²) >= 11 is 13.2.